The number of hydrogen-bond donors (Lipinski definition) is 3. The third-order valence-electron chi connectivity index (χ3n) is 3.49. The second-order valence-electron chi connectivity index (χ2n) is 5.39. The number of nitrogens with one attached hydrogen (secondary N) is 3. The van der Waals surface area contributed by atoms with Gasteiger partial charge in [0.2, 0.25) is 5.91 Å². The summed E-state index contributed by atoms with van der Waals surface area (Å²) in [5.41, 5.74) is 2.02. The number of carbonyl (C=O) groups is 1. The summed E-state index contributed by atoms with van der Waals surface area (Å²) in [4.78, 5) is 18.7. The lowest BCUT2D eigenvalue weighted by molar-refractivity contribution is -0.115. The lowest BCUT2D eigenvalue weighted by Crippen LogP contribution is -2.40. The molecule has 1 aromatic heterocycles. The molecule has 0 spiro atoms. The SMILES string of the molecule is CCc1cccc(NC(=O)CNC(=NC)NCc2ccc(C)s2)c1.I. The molecule has 0 unspecified atom stereocenters. The molecule has 0 aliphatic carbocycles. The van der Waals surface area contributed by atoms with Crippen LogP contribution in [0.5, 0.6) is 0 Å². The third kappa shape index (κ3) is 7.43. The van der Waals surface area contributed by atoms with Gasteiger partial charge in [0.1, 0.15) is 0 Å². The van der Waals surface area contributed by atoms with Crippen molar-refractivity contribution in [3.8, 4) is 0 Å². The highest BCUT2D eigenvalue weighted by Crippen LogP contribution is 2.14. The van der Waals surface area contributed by atoms with Crippen molar-refractivity contribution >= 4 is 52.9 Å². The molecular formula is C18H25IN4OS. The topological polar surface area (TPSA) is 65.5 Å². The molecule has 0 radical (unpaired) electrons. The van der Waals surface area contributed by atoms with Crippen molar-refractivity contribution in [1.82, 2.24) is 10.6 Å². The van der Waals surface area contributed by atoms with E-state index in [1.54, 1.807) is 18.4 Å². The summed E-state index contributed by atoms with van der Waals surface area (Å²) < 4.78 is 0. The first-order chi connectivity index (χ1) is 11.6. The number of aliphatic imine (C=N–C) groups is 1. The fourth-order valence-corrected chi connectivity index (χ4v) is 3.04. The van der Waals surface area contributed by atoms with Gasteiger partial charge < -0.3 is 16.0 Å². The van der Waals surface area contributed by atoms with Gasteiger partial charge in [-0.3, -0.25) is 9.79 Å². The molecule has 2 rings (SSSR count). The average molecular weight is 472 g/mol. The van der Waals surface area contributed by atoms with E-state index >= 15 is 0 Å². The van der Waals surface area contributed by atoms with E-state index in [1.807, 2.05) is 24.3 Å². The highest BCUT2D eigenvalue weighted by Gasteiger charge is 2.05. The Balaban J connectivity index is 0.00000312. The van der Waals surface area contributed by atoms with Crippen molar-refractivity contribution < 1.29 is 4.79 Å². The smallest absolute Gasteiger partial charge is 0.243 e. The van der Waals surface area contributed by atoms with E-state index in [-0.39, 0.29) is 36.4 Å². The number of hydrogen-bond acceptors (Lipinski definition) is 3. The number of rotatable bonds is 6. The van der Waals surface area contributed by atoms with Crippen LogP contribution >= 0.6 is 35.3 Å². The molecular weight excluding hydrogens is 447 g/mol. The summed E-state index contributed by atoms with van der Waals surface area (Å²) in [7, 11) is 1.69. The lowest BCUT2D eigenvalue weighted by Gasteiger charge is -2.11. The molecule has 3 N–H and O–H groups in total. The summed E-state index contributed by atoms with van der Waals surface area (Å²) in [6.07, 6.45) is 0.945. The zero-order valence-electron chi connectivity index (χ0n) is 14.8. The molecule has 0 aliphatic heterocycles. The summed E-state index contributed by atoms with van der Waals surface area (Å²) >= 11 is 1.75. The fraction of sp³-hybridized carbons (Fsp3) is 0.333. The average Bonchev–Trinajstić information content (AvgIpc) is 3.00. The minimum Gasteiger partial charge on any atom is -0.352 e. The molecule has 1 heterocycles. The van der Waals surface area contributed by atoms with E-state index in [9.17, 15) is 4.79 Å². The van der Waals surface area contributed by atoms with Crippen LogP contribution in [0.4, 0.5) is 5.69 Å². The Bertz CT molecular complexity index is 715. The fourth-order valence-electron chi connectivity index (χ4n) is 2.21. The first-order valence-electron chi connectivity index (χ1n) is 7.99. The molecule has 7 heteroatoms. The highest BCUT2D eigenvalue weighted by atomic mass is 127. The number of guanidine groups is 1. The Morgan fingerprint density at radius 3 is 2.64 bits per heavy atom. The summed E-state index contributed by atoms with van der Waals surface area (Å²) in [6.45, 7) is 5.03. The van der Waals surface area contributed by atoms with Gasteiger partial charge in [0.25, 0.3) is 0 Å². The Morgan fingerprint density at radius 2 is 2.00 bits per heavy atom. The molecule has 0 saturated heterocycles. The maximum Gasteiger partial charge on any atom is 0.243 e. The van der Waals surface area contributed by atoms with Crippen molar-refractivity contribution in [3.05, 3.63) is 51.7 Å². The minimum atomic E-state index is -0.0989. The van der Waals surface area contributed by atoms with Crippen LogP contribution in [-0.4, -0.2) is 25.5 Å². The summed E-state index contributed by atoms with van der Waals surface area (Å²) in [6, 6.07) is 12.1. The normalized spacial score (nSPS) is 10.8. The number of thiophene rings is 1. The van der Waals surface area contributed by atoms with Crippen LogP contribution in [-0.2, 0) is 17.8 Å². The van der Waals surface area contributed by atoms with Crippen molar-refractivity contribution in [1.29, 1.82) is 0 Å². The van der Waals surface area contributed by atoms with Crippen LogP contribution in [0.15, 0.2) is 41.4 Å². The monoisotopic (exact) mass is 472 g/mol. The second-order valence-corrected chi connectivity index (χ2v) is 6.77. The molecule has 5 nitrogen and oxygen atoms in total. The largest absolute Gasteiger partial charge is 0.352 e. The van der Waals surface area contributed by atoms with Gasteiger partial charge in [-0.25, -0.2) is 0 Å². The molecule has 0 saturated carbocycles. The number of amides is 1. The molecule has 0 atom stereocenters. The molecule has 0 bridgehead atoms. The molecule has 1 aromatic carbocycles. The molecule has 25 heavy (non-hydrogen) atoms. The quantitative estimate of drug-likeness (QED) is 0.343. The van der Waals surface area contributed by atoms with Gasteiger partial charge in [-0.2, -0.15) is 0 Å². The number of aryl methyl sites for hydroxylation is 2. The lowest BCUT2D eigenvalue weighted by atomic mass is 10.1. The van der Waals surface area contributed by atoms with Crippen LogP contribution in [0.3, 0.4) is 0 Å². The van der Waals surface area contributed by atoms with E-state index < -0.39 is 0 Å². The molecule has 2 aromatic rings. The molecule has 0 fully saturated rings. The summed E-state index contributed by atoms with van der Waals surface area (Å²) in [5.74, 6) is 0.511. The van der Waals surface area contributed by atoms with E-state index in [0.717, 1.165) is 12.1 Å². The number of nitrogens with zero attached hydrogens (tertiary/aromatic N) is 1. The third-order valence-corrected chi connectivity index (χ3v) is 4.49. The maximum atomic E-state index is 12.1. The van der Waals surface area contributed by atoms with E-state index in [2.05, 4.69) is 46.9 Å². The number of anilines is 1. The van der Waals surface area contributed by atoms with Crippen LogP contribution in [0.1, 0.15) is 22.2 Å². The zero-order valence-corrected chi connectivity index (χ0v) is 17.9. The van der Waals surface area contributed by atoms with Gasteiger partial charge >= 0.3 is 0 Å². The predicted octanol–water partition coefficient (Wildman–Crippen LogP) is 3.54. The Morgan fingerprint density at radius 1 is 1.20 bits per heavy atom. The number of halogens is 1. The van der Waals surface area contributed by atoms with Crippen LogP contribution in [0, 0.1) is 6.92 Å². The van der Waals surface area contributed by atoms with Crippen molar-refractivity contribution in [2.75, 3.05) is 18.9 Å². The first kappa shape index (κ1) is 21.4. The van der Waals surface area contributed by atoms with Gasteiger partial charge in [0.05, 0.1) is 13.1 Å². The molecule has 136 valence electrons. The maximum absolute atomic E-state index is 12.1. The Labute approximate surface area is 170 Å². The first-order valence-corrected chi connectivity index (χ1v) is 8.81. The second kappa shape index (κ2) is 11.1. The predicted molar refractivity (Wildman–Crippen MR) is 117 cm³/mol. The van der Waals surface area contributed by atoms with Gasteiger partial charge in [0, 0.05) is 22.5 Å². The van der Waals surface area contributed by atoms with Crippen molar-refractivity contribution in [2.45, 2.75) is 26.8 Å². The Kier molecular flexibility index (Phi) is 9.51. The van der Waals surface area contributed by atoms with Gasteiger partial charge in [0.15, 0.2) is 5.96 Å². The van der Waals surface area contributed by atoms with E-state index in [0.29, 0.717) is 12.5 Å². The summed E-state index contributed by atoms with van der Waals surface area (Å²) in [5, 5.41) is 9.12. The zero-order chi connectivity index (χ0) is 17.4. The highest BCUT2D eigenvalue weighted by molar-refractivity contribution is 14.0. The standard InChI is InChI=1S/C18H24N4OS.HI/c1-4-14-6-5-7-15(10-14)22-17(23)12-21-18(19-3)20-11-16-9-8-13(2)24-16;/h5-10H,4,11-12H2,1-3H3,(H,22,23)(H2,19,20,21);1H. The van der Waals surface area contributed by atoms with Gasteiger partial charge in [-0.15, -0.1) is 35.3 Å². The van der Waals surface area contributed by atoms with Crippen molar-refractivity contribution in [3.63, 3.8) is 0 Å². The van der Waals surface area contributed by atoms with E-state index in [4.69, 9.17) is 0 Å². The van der Waals surface area contributed by atoms with Crippen LogP contribution in [0.2, 0.25) is 0 Å². The Hall–Kier alpha value is -1.61. The van der Waals surface area contributed by atoms with Gasteiger partial charge in [-0.1, -0.05) is 19.1 Å². The van der Waals surface area contributed by atoms with Crippen LogP contribution in [0.25, 0.3) is 0 Å². The number of carbonyl (C=O) groups excluding carboxylic acids is 1. The molecule has 1 amide bonds. The number of benzene rings is 1. The van der Waals surface area contributed by atoms with Crippen molar-refractivity contribution in [2.24, 2.45) is 4.99 Å². The van der Waals surface area contributed by atoms with Gasteiger partial charge in [-0.05, 0) is 43.2 Å². The van der Waals surface area contributed by atoms with E-state index in [1.165, 1.54) is 15.3 Å². The molecule has 0 aliphatic rings. The van der Waals surface area contributed by atoms with Crippen LogP contribution < -0.4 is 16.0 Å². The minimum absolute atomic E-state index is 0.